The van der Waals surface area contributed by atoms with E-state index >= 15 is 0 Å². The number of thioether (sulfide) groups is 1. The first-order chi connectivity index (χ1) is 13.0. The third-order valence-corrected chi connectivity index (χ3v) is 4.61. The molecule has 0 aliphatic rings. The van der Waals surface area contributed by atoms with Gasteiger partial charge in [-0.1, -0.05) is 53.7 Å². The number of hydrogen-bond donors (Lipinski definition) is 2. The Morgan fingerprint density at radius 1 is 1.15 bits per heavy atom. The quantitative estimate of drug-likeness (QED) is 0.579. The molecule has 0 spiro atoms. The van der Waals surface area contributed by atoms with Crippen LogP contribution in [0.1, 0.15) is 21.8 Å². The van der Waals surface area contributed by atoms with Gasteiger partial charge in [0.25, 0.3) is 5.22 Å². The average molecular weight is 404 g/mol. The van der Waals surface area contributed by atoms with E-state index in [0.717, 1.165) is 17.3 Å². The second-order valence-corrected chi connectivity index (χ2v) is 6.79. The molecule has 0 aliphatic heterocycles. The predicted molar refractivity (Wildman–Crippen MR) is 101 cm³/mol. The number of hydrogen-bond acceptors (Lipinski definition) is 6. The molecule has 0 saturated heterocycles. The fourth-order valence-electron chi connectivity index (χ4n) is 2.21. The molecule has 1 aromatic heterocycles. The molecule has 7 nitrogen and oxygen atoms in total. The van der Waals surface area contributed by atoms with Crippen molar-refractivity contribution in [3.8, 4) is 0 Å². The van der Waals surface area contributed by atoms with E-state index in [9.17, 15) is 9.59 Å². The van der Waals surface area contributed by atoms with Crippen molar-refractivity contribution in [1.82, 2.24) is 10.2 Å². The standard InChI is InChI=1S/C18H14ClN3O4S/c19-13-7-6-12(17(24)25)9-14(13)20-15(23)10-27-18-22-21-16(26-18)8-11-4-2-1-3-5-11/h1-7,9H,8,10H2,(H,20,23)(H,24,25). The van der Waals surface area contributed by atoms with Crippen LogP contribution in [0.2, 0.25) is 5.02 Å². The van der Waals surface area contributed by atoms with E-state index in [4.69, 9.17) is 21.1 Å². The lowest BCUT2D eigenvalue weighted by Crippen LogP contribution is -2.15. The molecule has 2 aromatic carbocycles. The van der Waals surface area contributed by atoms with Crippen molar-refractivity contribution in [2.45, 2.75) is 11.6 Å². The van der Waals surface area contributed by atoms with E-state index in [-0.39, 0.29) is 33.2 Å². The summed E-state index contributed by atoms with van der Waals surface area (Å²) in [5.74, 6) is -0.998. The van der Waals surface area contributed by atoms with Crippen molar-refractivity contribution >= 4 is 40.9 Å². The Morgan fingerprint density at radius 2 is 1.93 bits per heavy atom. The van der Waals surface area contributed by atoms with Crippen LogP contribution in [0, 0.1) is 0 Å². The molecule has 2 N–H and O–H groups in total. The van der Waals surface area contributed by atoms with E-state index in [2.05, 4.69) is 15.5 Å². The van der Waals surface area contributed by atoms with Crippen molar-refractivity contribution in [1.29, 1.82) is 0 Å². The van der Waals surface area contributed by atoms with Crippen molar-refractivity contribution in [3.63, 3.8) is 0 Å². The molecule has 138 valence electrons. The van der Waals surface area contributed by atoms with E-state index in [1.807, 2.05) is 30.3 Å². The lowest BCUT2D eigenvalue weighted by Gasteiger charge is -2.07. The Balaban J connectivity index is 1.55. The van der Waals surface area contributed by atoms with E-state index in [1.165, 1.54) is 18.2 Å². The van der Waals surface area contributed by atoms with Crippen molar-refractivity contribution < 1.29 is 19.1 Å². The molecular formula is C18H14ClN3O4S. The van der Waals surface area contributed by atoms with Crippen LogP contribution in [-0.4, -0.2) is 32.9 Å². The first-order valence-electron chi connectivity index (χ1n) is 7.83. The number of halogens is 1. The fraction of sp³-hybridized carbons (Fsp3) is 0.111. The van der Waals surface area contributed by atoms with Gasteiger partial charge >= 0.3 is 5.97 Å². The Morgan fingerprint density at radius 3 is 2.67 bits per heavy atom. The third kappa shape index (κ3) is 5.32. The zero-order chi connectivity index (χ0) is 19.2. The maximum Gasteiger partial charge on any atom is 0.335 e. The van der Waals surface area contributed by atoms with Crippen LogP contribution < -0.4 is 5.32 Å². The molecule has 9 heteroatoms. The highest BCUT2D eigenvalue weighted by Crippen LogP contribution is 2.24. The van der Waals surface area contributed by atoms with Crippen molar-refractivity contribution in [3.05, 3.63) is 70.6 Å². The van der Waals surface area contributed by atoms with Gasteiger partial charge in [-0.15, -0.1) is 10.2 Å². The number of benzene rings is 2. The molecule has 0 bridgehead atoms. The molecule has 3 aromatic rings. The van der Waals surface area contributed by atoms with Crippen LogP contribution >= 0.6 is 23.4 Å². The summed E-state index contributed by atoms with van der Waals surface area (Å²) in [7, 11) is 0. The molecule has 0 aliphatic carbocycles. The molecule has 27 heavy (non-hydrogen) atoms. The van der Waals surface area contributed by atoms with Crippen molar-refractivity contribution in [2.75, 3.05) is 11.1 Å². The van der Waals surface area contributed by atoms with Crippen LogP contribution in [0.25, 0.3) is 0 Å². The summed E-state index contributed by atoms with van der Waals surface area (Å²) in [6.45, 7) is 0. The highest BCUT2D eigenvalue weighted by Gasteiger charge is 2.13. The van der Waals surface area contributed by atoms with Gasteiger partial charge in [0.2, 0.25) is 11.8 Å². The summed E-state index contributed by atoms with van der Waals surface area (Å²) >= 11 is 7.07. The van der Waals surface area contributed by atoms with Gasteiger partial charge in [0, 0.05) is 0 Å². The molecular weight excluding hydrogens is 390 g/mol. The highest BCUT2D eigenvalue weighted by molar-refractivity contribution is 7.99. The van der Waals surface area contributed by atoms with Crippen LogP contribution in [0.4, 0.5) is 5.69 Å². The van der Waals surface area contributed by atoms with E-state index in [0.29, 0.717) is 12.3 Å². The molecule has 0 atom stereocenters. The summed E-state index contributed by atoms with van der Waals surface area (Å²) < 4.78 is 5.52. The summed E-state index contributed by atoms with van der Waals surface area (Å²) in [5.41, 5.74) is 1.31. The van der Waals surface area contributed by atoms with Crippen LogP contribution in [0.5, 0.6) is 0 Å². The number of anilines is 1. The minimum Gasteiger partial charge on any atom is -0.478 e. The number of carboxylic acid groups (broad SMARTS) is 1. The maximum absolute atomic E-state index is 12.1. The number of carbonyl (C=O) groups is 2. The van der Waals surface area contributed by atoms with Crippen LogP contribution in [0.3, 0.4) is 0 Å². The number of aromatic nitrogens is 2. The average Bonchev–Trinajstić information content (AvgIpc) is 3.10. The fourth-order valence-corrected chi connectivity index (χ4v) is 2.95. The SMILES string of the molecule is O=C(CSc1nnc(Cc2ccccc2)o1)Nc1cc(C(=O)O)ccc1Cl. The number of nitrogens with one attached hydrogen (secondary N) is 1. The monoisotopic (exact) mass is 403 g/mol. The molecule has 0 saturated carbocycles. The Bertz CT molecular complexity index is 962. The van der Waals surface area contributed by atoms with Crippen molar-refractivity contribution in [2.24, 2.45) is 0 Å². The zero-order valence-electron chi connectivity index (χ0n) is 13.9. The van der Waals surface area contributed by atoms with Gasteiger partial charge in [-0.25, -0.2) is 4.79 Å². The molecule has 0 radical (unpaired) electrons. The number of carboxylic acids is 1. The van der Waals surface area contributed by atoms with Crippen LogP contribution in [-0.2, 0) is 11.2 Å². The highest BCUT2D eigenvalue weighted by atomic mass is 35.5. The number of aromatic carboxylic acids is 1. The van der Waals surface area contributed by atoms with Gasteiger partial charge in [-0.2, -0.15) is 0 Å². The molecule has 1 heterocycles. The number of carbonyl (C=O) groups excluding carboxylic acids is 1. The third-order valence-electron chi connectivity index (χ3n) is 3.46. The summed E-state index contributed by atoms with van der Waals surface area (Å²) in [4.78, 5) is 23.1. The lowest BCUT2D eigenvalue weighted by atomic mass is 10.2. The molecule has 0 unspecified atom stereocenters. The van der Waals surface area contributed by atoms with Gasteiger partial charge in [0.1, 0.15) is 0 Å². The second kappa shape index (κ2) is 8.70. The lowest BCUT2D eigenvalue weighted by molar-refractivity contribution is -0.113. The largest absolute Gasteiger partial charge is 0.478 e. The van der Waals surface area contributed by atoms with Crippen LogP contribution in [0.15, 0.2) is 58.2 Å². The first-order valence-corrected chi connectivity index (χ1v) is 9.19. The smallest absolute Gasteiger partial charge is 0.335 e. The molecule has 1 amide bonds. The summed E-state index contributed by atoms with van der Waals surface area (Å²) in [6.07, 6.45) is 0.512. The number of nitrogens with zero attached hydrogens (tertiary/aromatic N) is 2. The molecule has 3 rings (SSSR count). The minimum atomic E-state index is -1.10. The second-order valence-electron chi connectivity index (χ2n) is 5.46. The predicted octanol–water partition coefficient (Wildman–Crippen LogP) is 3.74. The van der Waals surface area contributed by atoms with Gasteiger partial charge in [-0.05, 0) is 23.8 Å². The van der Waals surface area contributed by atoms with E-state index < -0.39 is 5.97 Å². The topological polar surface area (TPSA) is 105 Å². The van der Waals surface area contributed by atoms with Gasteiger partial charge in [0.15, 0.2) is 0 Å². The van der Waals surface area contributed by atoms with Gasteiger partial charge in [0.05, 0.1) is 28.4 Å². The zero-order valence-corrected chi connectivity index (χ0v) is 15.5. The van der Waals surface area contributed by atoms with Gasteiger partial charge < -0.3 is 14.8 Å². The number of rotatable bonds is 7. The Kier molecular flexibility index (Phi) is 6.10. The normalized spacial score (nSPS) is 10.6. The summed E-state index contributed by atoms with van der Waals surface area (Å²) in [5, 5.41) is 20.0. The summed E-state index contributed by atoms with van der Waals surface area (Å²) in [6, 6.07) is 13.8. The molecule has 0 fully saturated rings. The Hall–Kier alpha value is -2.84. The number of amides is 1. The van der Waals surface area contributed by atoms with Gasteiger partial charge in [-0.3, -0.25) is 4.79 Å². The first kappa shape index (κ1) is 18.9. The Labute approximate surface area is 163 Å². The van der Waals surface area contributed by atoms with E-state index in [1.54, 1.807) is 0 Å². The maximum atomic E-state index is 12.1. The minimum absolute atomic E-state index is 0.0145.